The summed E-state index contributed by atoms with van der Waals surface area (Å²) >= 11 is 5.59. The van der Waals surface area contributed by atoms with Crippen molar-refractivity contribution < 1.29 is 4.79 Å². The zero-order valence-electron chi connectivity index (χ0n) is 8.79. The van der Waals surface area contributed by atoms with Gasteiger partial charge in [0.15, 0.2) is 0 Å². The van der Waals surface area contributed by atoms with E-state index in [1.54, 1.807) is 0 Å². The summed E-state index contributed by atoms with van der Waals surface area (Å²) < 4.78 is 0. The van der Waals surface area contributed by atoms with Gasteiger partial charge in [-0.1, -0.05) is 36.4 Å². The molecule has 16 heavy (non-hydrogen) atoms. The number of halogens is 1. The van der Waals surface area contributed by atoms with Gasteiger partial charge in [-0.3, -0.25) is 4.79 Å². The SMILES string of the molecule is C=C(Cl)CNC(=O)C1Cc2ccccc2N1. The van der Waals surface area contributed by atoms with E-state index in [0.717, 1.165) is 12.1 Å². The van der Waals surface area contributed by atoms with Gasteiger partial charge in [0.25, 0.3) is 0 Å². The van der Waals surface area contributed by atoms with Crippen molar-refractivity contribution in [1.29, 1.82) is 0 Å². The standard InChI is InChI=1S/C12H13ClN2O/c1-8(13)7-14-12(16)11-6-9-4-2-3-5-10(9)15-11/h2-5,11,15H,1,6-7H2,(H,14,16). The van der Waals surface area contributed by atoms with Crippen LogP contribution in [0.4, 0.5) is 5.69 Å². The van der Waals surface area contributed by atoms with Gasteiger partial charge in [0.2, 0.25) is 5.91 Å². The fourth-order valence-electron chi connectivity index (χ4n) is 1.76. The highest BCUT2D eigenvalue weighted by molar-refractivity contribution is 6.29. The third-order valence-electron chi connectivity index (χ3n) is 2.54. The largest absolute Gasteiger partial charge is 0.373 e. The maximum Gasteiger partial charge on any atom is 0.243 e. The van der Waals surface area contributed by atoms with Crippen molar-refractivity contribution in [3.05, 3.63) is 41.4 Å². The van der Waals surface area contributed by atoms with Crippen LogP contribution < -0.4 is 10.6 Å². The fraction of sp³-hybridized carbons (Fsp3) is 0.250. The molecule has 1 atom stereocenters. The number of para-hydroxylation sites is 1. The highest BCUT2D eigenvalue weighted by atomic mass is 35.5. The Morgan fingerprint density at radius 3 is 3.00 bits per heavy atom. The minimum atomic E-state index is -0.201. The second-order valence-corrected chi connectivity index (χ2v) is 4.33. The summed E-state index contributed by atoms with van der Waals surface area (Å²) in [6, 6.07) is 7.72. The molecule has 2 rings (SSSR count). The Labute approximate surface area is 99.5 Å². The molecule has 1 aliphatic heterocycles. The molecule has 1 heterocycles. The summed E-state index contributed by atoms with van der Waals surface area (Å²) in [6.45, 7) is 3.84. The summed E-state index contributed by atoms with van der Waals surface area (Å²) in [7, 11) is 0. The Hall–Kier alpha value is -1.48. The van der Waals surface area contributed by atoms with Crippen molar-refractivity contribution in [2.45, 2.75) is 12.5 Å². The molecule has 1 aromatic rings. The van der Waals surface area contributed by atoms with Crippen LogP contribution in [0.25, 0.3) is 0 Å². The first-order chi connectivity index (χ1) is 7.66. The Bertz CT molecular complexity index is 406. The van der Waals surface area contributed by atoms with E-state index in [-0.39, 0.29) is 11.9 Å². The first-order valence-electron chi connectivity index (χ1n) is 5.12. The van der Waals surface area contributed by atoms with E-state index in [2.05, 4.69) is 17.2 Å². The van der Waals surface area contributed by atoms with Crippen molar-refractivity contribution in [2.75, 3.05) is 11.9 Å². The number of benzene rings is 1. The van der Waals surface area contributed by atoms with Crippen molar-refractivity contribution in [1.82, 2.24) is 5.32 Å². The number of amides is 1. The average Bonchev–Trinajstić information content (AvgIpc) is 2.69. The monoisotopic (exact) mass is 236 g/mol. The van der Waals surface area contributed by atoms with Crippen LogP contribution in [0.15, 0.2) is 35.9 Å². The summed E-state index contributed by atoms with van der Waals surface area (Å²) in [6.07, 6.45) is 0.719. The number of hydrogen-bond donors (Lipinski definition) is 2. The van der Waals surface area contributed by atoms with Crippen LogP contribution in [0.1, 0.15) is 5.56 Å². The Morgan fingerprint density at radius 1 is 1.56 bits per heavy atom. The lowest BCUT2D eigenvalue weighted by molar-refractivity contribution is -0.121. The number of anilines is 1. The van der Waals surface area contributed by atoms with Crippen molar-refractivity contribution >= 4 is 23.2 Å². The molecule has 0 radical (unpaired) electrons. The van der Waals surface area contributed by atoms with E-state index in [1.165, 1.54) is 5.56 Å². The molecule has 3 nitrogen and oxygen atoms in total. The maximum atomic E-state index is 11.7. The normalized spacial score (nSPS) is 17.4. The van der Waals surface area contributed by atoms with Gasteiger partial charge in [0, 0.05) is 17.1 Å². The molecular weight excluding hydrogens is 224 g/mol. The van der Waals surface area contributed by atoms with Gasteiger partial charge in [0.1, 0.15) is 6.04 Å². The second kappa shape index (κ2) is 4.58. The van der Waals surface area contributed by atoms with Gasteiger partial charge in [-0.15, -0.1) is 0 Å². The molecule has 0 spiro atoms. The first-order valence-corrected chi connectivity index (χ1v) is 5.50. The molecule has 1 aromatic carbocycles. The minimum absolute atomic E-state index is 0.0435. The van der Waals surface area contributed by atoms with Crippen LogP contribution in [0, 0.1) is 0 Å². The van der Waals surface area contributed by atoms with E-state index in [4.69, 9.17) is 11.6 Å². The van der Waals surface area contributed by atoms with Crippen LogP contribution in [0.5, 0.6) is 0 Å². The molecule has 0 aromatic heterocycles. The van der Waals surface area contributed by atoms with E-state index < -0.39 is 0 Å². The maximum absolute atomic E-state index is 11.7. The molecule has 0 bridgehead atoms. The van der Waals surface area contributed by atoms with Gasteiger partial charge < -0.3 is 10.6 Å². The van der Waals surface area contributed by atoms with Gasteiger partial charge >= 0.3 is 0 Å². The van der Waals surface area contributed by atoms with Crippen LogP contribution in [-0.4, -0.2) is 18.5 Å². The molecule has 84 valence electrons. The number of carbonyl (C=O) groups is 1. The fourth-order valence-corrected chi connectivity index (χ4v) is 1.83. The molecule has 0 aliphatic carbocycles. The summed E-state index contributed by atoms with van der Waals surface area (Å²) in [5.41, 5.74) is 2.21. The number of rotatable bonds is 3. The smallest absolute Gasteiger partial charge is 0.243 e. The molecule has 2 N–H and O–H groups in total. The minimum Gasteiger partial charge on any atom is -0.373 e. The Morgan fingerprint density at radius 2 is 2.31 bits per heavy atom. The van der Waals surface area contributed by atoms with Crippen LogP contribution in [-0.2, 0) is 11.2 Å². The van der Waals surface area contributed by atoms with Gasteiger partial charge in [0.05, 0.1) is 6.54 Å². The molecule has 1 aliphatic rings. The highest BCUT2D eigenvalue weighted by Crippen LogP contribution is 2.24. The Kier molecular flexibility index (Phi) is 3.15. The zero-order valence-corrected chi connectivity index (χ0v) is 9.55. The van der Waals surface area contributed by atoms with E-state index in [9.17, 15) is 4.79 Å². The lowest BCUT2D eigenvalue weighted by atomic mass is 10.1. The van der Waals surface area contributed by atoms with Crippen molar-refractivity contribution in [2.24, 2.45) is 0 Å². The highest BCUT2D eigenvalue weighted by Gasteiger charge is 2.25. The zero-order chi connectivity index (χ0) is 11.5. The average molecular weight is 237 g/mol. The predicted molar refractivity (Wildman–Crippen MR) is 65.6 cm³/mol. The third kappa shape index (κ3) is 2.36. The third-order valence-corrected chi connectivity index (χ3v) is 2.68. The molecular formula is C12H13ClN2O. The first kappa shape index (κ1) is 11.0. The Balaban J connectivity index is 1.96. The van der Waals surface area contributed by atoms with Gasteiger partial charge in [-0.05, 0) is 11.6 Å². The number of fused-ring (bicyclic) bond motifs is 1. The summed E-state index contributed by atoms with van der Waals surface area (Å²) in [4.78, 5) is 11.7. The topological polar surface area (TPSA) is 41.1 Å². The molecule has 0 fully saturated rings. The predicted octanol–water partition coefficient (Wildman–Crippen LogP) is 1.89. The number of carbonyl (C=O) groups excluding carboxylic acids is 1. The lowest BCUT2D eigenvalue weighted by Gasteiger charge is -2.11. The quantitative estimate of drug-likeness (QED) is 0.842. The van der Waals surface area contributed by atoms with Crippen LogP contribution >= 0.6 is 11.6 Å². The second-order valence-electron chi connectivity index (χ2n) is 3.79. The number of nitrogens with one attached hydrogen (secondary N) is 2. The van der Waals surface area contributed by atoms with E-state index >= 15 is 0 Å². The van der Waals surface area contributed by atoms with Crippen LogP contribution in [0.2, 0.25) is 0 Å². The van der Waals surface area contributed by atoms with Crippen LogP contribution in [0.3, 0.4) is 0 Å². The van der Waals surface area contributed by atoms with E-state index in [0.29, 0.717) is 11.6 Å². The van der Waals surface area contributed by atoms with Gasteiger partial charge in [-0.2, -0.15) is 0 Å². The molecule has 0 saturated carbocycles. The van der Waals surface area contributed by atoms with E-state index in [1.807, 2.05) is 24.3 Å². The van der Waals surface area contributed by atoms with Crippen molar-refractivity contribution in [3.8, 4) is 0 Å². The molecule has 0 saturated heterocycles. The van der Waals surface area contributed by atoms with Crippen molar-refractivity contribution in [3.63, 3.8) is 0 Å². The summed E-state index contributed by atoms with van der Waals surface area (Å²) in [5, 5.41) is 6.33. The molecule has 1 amide bonds. The summed E-state index contributed by atoms with van der Waals surface area (Å²) in [5.74, 6) is -0.0435. The lowest BCUT2D eigenvalue weighted by Crippen LogP contribution is -2.38. The molecule has 1 unspecified atom stereocenters. The van der Waals surface area contributed by atoms with Gasteiger partial charge in [-0.25, -0.2) is 0 Å². The number of hydrogen-bond acceptors (Lipinski definition) is 2. The molecule has 4 heteroatoms.